The van der Waals surface area contributed by atoms with Crippen molar-refractivity contribution in [3.8, 4) is 0 Å². The van der Waals surface area contributed by atoms with E-state index in [9.17, 15) is 9.18 Å². The fourth-order valence-electron chi connectivity index (χ4n) is 3.05. The fraction of sp³-hybridized carbons (Fsp3) is 0.529. The van der Waals surface area contributed by atoms with Gasteiger partial charge in [-0.25, -0.2) is 9.37 Å². The van der Waals surface area contributed by atoms with Crippen LogP contribution in [0.15, 0.2) is 12.1 Å². The van der Waals surface area contributed by atoms with Crippen LogP contribution in [-0.2, 0) is 4.79 Å². The molecule has 4 rings (SSSR count). The van der Waals surface area contributed by atoms with Crippen molar-refractivity contribution in [3.63, 3.8) is 0 Å². The Morgan fingerprint density at radius 3 is 2.83 bits per heavy atom. The van der Waals surface area contributed by atoms with Gasteiger partial charge in [-0.15, -0.1) is 0 Å². The van der Waals surface area contributed by atoms with E-state index in [-0.39, 0.29) is 19.0 Å². The Morgan fingerprint density at radius 1 is 1.39 bits per heavy atom. The maximum atomic E-state index is 15.0. The predicted octanol–water partition coefficient (Wildman–Crippen LogP) is 3.11. The molecule has 1 atom stereocenters. The van der Waals surface area contributed by atoms with Gasteiger partial charge in [0.2, 0.25) is 5.67 Å². The molecule has 1 amide bonds. The first-order valence-corrected chi connectivity index (χ1v) is 8.89. The summed E-state index contributed by atoms with van der Waals surface area (Å²) in [7, 11) is 0. The Morgan fingerprint density at radius 2 is 2.13 bits per heavy atom. The zero-order chi connectivity index (χ0) is 16.2. The van der Waals surface area contributed by atoms with Crippen molar-refractivity contribution in [2.75, 3.05) is 18.0 Å². The van der Waals surface area contributed by atoms with Crippen LogP contribution in [0.3, 0.4) is 0 Å². The summed E-state index contributed by atoms with van der Waals surface area (Å²) in [6.07, 6.45) is 2.18. The van der Waals surface area contributed by atoms with Crippen LogP contribution in [-0.4, -0.2) is 35.7 Å². The van der Waals surface area contributed by atoms with E-state index in [2.05, 4.69) is 24.4 Å². The van der Waals surface area contributed by atoms with Crippen LogP contribution < -0.4 is 10.2 Å². The molecule has 0 bridgehead atoms. The number of nitrogens with zero attached hydrogens (tertiary/aromatic N) is 2. The molecule has 4 nitrogen and oxygen atoms in total. The molecule has 1 saturated carbocycles. The van der Waals surface area contributed by atoms with Gasteiger partial charge < -0.3 is 10.2 Å². The number of nitrogens with one attached hydrogen (secondary N) is 1. The maximum Gasteiger partial charge on any atom is 0.259 e. The number of amides is 1. The SMILES string of the molecule is Cc1ccc(C)c2sc(N3CCC(F)(C(=O)NC4CC4)C3)nc12. The molecule has 0 radical (unpaired) electrons. The number of carbonyl (C=O) groups excluding carboxylic acids is 1. The summed E-state index contributed by atoms with van der Waals surface area (Å²) in [5.41, 5.74) is 1.52. The minimum absolute atomic E-state index is 0.101. The van der Waals surface area contributed by atoms with E-state index >= 15 is 0 Å². The number of halogens is 1. The number of hydrogen-bond acceptors (Lipinski definition) is 4. The summed E-state index contributed by atoms with van der Waals surface area (Å²) >= 11 is 1.59. The maximum absolute atomic E-state index is 15.0. The first kappa shape index (κ1) is 14.9. The second kappa shape index (κ2) is 5.16. The molecule has 1 aliphatic heterocycles. The highest BCUT2D eigenvalue weighted by atomic mass is 32.1. The number of rotatable bonds is 3. The average molecular weight is 333 g/mol. The Kier molecular flexibility index (Phi) is 3.34. The molecule has 2 fully saturated rings. The van der Waals surface area contributed by atoms with E-state index < -0.39 is 11.6 Å². The van der Waals surface area contributed by atoms with Crippen LogP contribution in [0, 0.1) is 13.8 Å². The van der Waals surface area contributed by atoms with Gasteiger partial charge in [0.05, 0.1) is 16.8 Å². The van der Waals surface area contributed by atoms with Gasteiger partial charge in [0, 0.05) is 19.0 Å². The lowest BCUT2D eigenvalue weighted by molar-refractivity contribution is -0.131. The molecule has 23 heavy (non-hydrogen) atoms. The highest BCUT2D eigenvalue weighted by Gasteiger charge is 2.47. The number of benzene rings is 1. The predicted molar refractivity (Wildman–Crippen MR) is 90.9 cm³/mol. The molecule has 2 aliphatic rings. The van der Waals surface area contributed by atoms with Gasteiger partial charge in [-0.05, 0) is 37.8 Å². The second-order valence-corrected chi connectivity index (χ2v) is 7.74. The molecule has 6 heteroatoms. The number of anilines is 1. The van der Waals surface area contributed by atoms with Crippen molar-refractivity contribution in [1.29, 1.82) is 0 Å². The zero-order valence-electron chi connectivity index (χ0n) is 13.4. The molecule has 1 saturated heterocycles. The molecule has 1 aromatic carbocycles. The second-order valence-electron chi connectivity index (χ2n) is 6.76. The standard InChI is InChI=1S/C17H20FN3OS/c1-10-3-4-11(2)14-13(10)20-16(23-14)21-8-7-17(18,9-21)15(22)19-12-5-6-12/h3-4,12H,5-9H2,1-2H3,(H,19,22). The molecule has 1 aliphatic carbocycles. The number of carbonyl (C=O) groups is 1. The van der Waals surface area contributed by atoms with E-state index in [1.807, 2.05) is 11.8 Å². The fourth-order valence-corrected chi connectivity index (χ4v) is 4.18. The highest BCUT2D eigenvalue weighted by Crippen LogP contribution is 2.37. The number of aromatic nitrogens is 1. The lowest BCUT2D eigenvalue weighted by Crippen LogP contribution is -2.46. The third-order valence-corrected chi connectivity index (χ3v) is 5.99. The van der Waals surface area contributed by atoms with Gasteiger partial charge in [-0.2, -0.15) is 0 Å². The van der Waals surface area contributed by atoms with Gasteiger partial charge in [0.1, 0.15) is 0 Å². The first-order chi connectivity index (χ1) is 11.0. The summed E-state index contributed by atoms with van der Waals surface area (Å²) in [5, 5.41) is 3.61. The molecule has 122 valence electrons. The summed E-state index contributed by atoms with van der Waals surface area (Å²) in [5.74, 6) is -0.448. The van der Waals surface area contributed by atoms with E-state index in [4.69, 9.17) is 4.98 Å². The van der Waals surface area contributed by atoms with Gasteiger partial charge in [0.15, 0.2) is 5.13 Å². The van der Waals surface area contributed by atoms with Crippen LogP contribution in [0.1, 0.15) is 30.4 Å². The van der Waals surface area contributed by atoms with Crippen molar-refractivity contribution < 1.29 is 9.18 Å². The topological polar surface area (TPSA) is 45.2 Å². The van der Waals surface area contributed by atoms with Crippen molar-refractivity contribution in [1.82, 2.24) is 10.3 Å². The molecule has 1 unspecified atom stereocenters. The number of aryl methyl sites for hydroxylation is 2. The summed E-state index contributed by atoms with van der Waals surface area (Å²) < 4.78 is 16.1. The highest BCUT2D eigenvalue weighted by molar-refractivity contribution is 7.22. The third-order valence-electron chi connectivity index (χ3n) is 4.74. The van der Waals surface area contributed by atoms with Gasteiger partial charge in [0.25, 0.3) is 5.91 Å². The summed E-state index contributed by atoms with van der Waals surface area (Å²) in [6.45, 7) is 4.74. The van der Waals surface area contributed by atoms with Crippen molar-refractivity contribution in [2.24, 2.45) is 0 Å². The lowest BCUT2D eigenvalue weighted by Gasteiger charge is -2.19. The monoisotopic (exact) mass is 333 g/mol. The van der Waals surface area contributed by atoms with Gasteiger partial charge >= 0.3 is 0 Å². The molecule has 2 heterocycles. The van der Waals surface area contributed by atoms with E-state index in [1.165, 1.54) is 5.56 Å². The van der Waals surface area contributed by atoms with Crippen LogP contribution >= 0.6 is 11.3 Å². The number of alkyl halides is 1. The van der Waals surface area contributed by atoms with Crippen LogP contribution in [0.25, 0.3) is 10.2 Å². The molecular weight excluding hydrogens is 313 g/mol. The van der Waals surface area contributed by atoms with Crippen LogP contribution in [0.4, 0.5) is 9.52 Å². The Hall–Kier alpha value is -1.69. The Balaban J connectivity index is 1.58. The summed E-state index contributed by atoms with van der Waals surface area (Å²) in [6, 6.07) is 4.34. The zero-order valence-corrected chi connectivity index (χ0v) is 14.2. The minimum atomic E-state index is -1.79. The van der Waals surface area contributed by atoms with Crippen LogP contribution in [0.2, 0.25) is 0 Å². The molecule has 1 aromatic heterocycles. The number of fused-ring (bicyclic) bond motifs is 1. The molecular formula is C17H20FN3OS. The van der Waals surface area contributed by atoms with Crippen molar-refractivity contribution in [3.05, 3.63) is 23.3 Å². The molecule has 2 aromatic rings. The smallest absolute Gasteiger partial charge is 0.259 e. The third kappa shape index (κ3) is 2.59. The minimum Gasteiger partial charge on any atom is -0.351 e. The normalized spacial score (nSPS) is 24.4. The van der Waals surface area contributed by atoms with E-state index in [1.54, 1.807) is 11.3 Å². The Labute approximate surface area is 138 Å². The quantitative estimate of drug-likeness (QED) is 0.939. The summed E-state index contributed by atoms with van der Waals surface area (Å²) in [4.78, 5) is 18.8. The first-order valence-electron chi connectivity index (χ1n) is 8.08. The molecule has 1 N–H and O–H groups in total. The Bertz CT molecular complexity index is 746. The lowest BCUT2D eigenvalue weighted by atomic mass is 10.1. The largest absolute Gasteiger partial charge is 0.351 e. The average Bonchev–Trinajstić information content (AvgIpc) is 3.06. The van der Waals surface area contributed by atoms with Crippen LogP contribution in [0.5, 0.6) is 0 Å². The molecule has 0 spiro atoms. The van der Waals surface area contributed by atoms with E-state index in [0.717, 1.165) is 33.8 Å². The van der Waals surface area contributed by atoms with Gasteiger partial charge in [-0.1, -0.05) is 23.5 Å². The van der Waals surface area contributed by atoms with Crippen molar-refractivity contribution in [2.45, 2.75) is 44.8 Å². The van der Waals surface area contributed by atoms with Gasteiger partial charge in [-0.3, -0.25) is 4.79 Å². The number of thiazole rings is 1. The van der Waals surface area contributed by atoms with E-state index in [0.29, 0.717) is 6.54 Å². The number of hydrogen-bond donors (Lipinski definition) is 1. The van der Waals surface area contributed by atoms with Crippen molar-refractivity contribution >= 4 is 32.6 Å².